The zero-order valence-corrected chi connectivity index (χ0v) is 85.7. The van der Waals surface area contributed by atoms with Gasteiger partial charge in [0.05, 0.1) is 48.8 Å². The number of ether oxygens (including phenoxy) is 16. The van der Waals surface area contributed by atoms with Gasteiger partial charge < -0.3 is 198 Å². The van der Waals surface area contributed by atoms with Gasteiger partial charge in [-0.1, -0.05) is 0 Å². The fourth-order valence-electron chi connectivity index (χ4n) is 17.2. The Labute approximate surface area is 865 Å². The predicted octanol–water partition coefficient (Wildman–Crippen LogP) is -1.44. The molecule has 30 saturated heterocycles. The van der Waals surface area contributed by atoms with Crippen molar-refractivity contribution in [3.63, 3.8) is 0 Å². The van der Waals surface area contributed by atoms with E-state index >= 15 is 0 Å². The second kappa shape index (κ2) is 64.6. The normalized spacial score (nSPS) is 38.2. The number of carboxylic acid groups (broad SMARTS) is 8. The topological polar surface area (TPSA) is 770 Å². The fourth-order valence-corrected chi connectivity index (χ4v) is 25.8. The molecule has 0 unspecified atom stereocenters. The summed E-state index contributed by atoms with van der Waals surface area (Å²) in [4.78, 5) is 92.8. The summed E-state index contributed by atoms with van der Waals surface area (Å²) in [6.45, 7) is 0. The van der Waals surface area contributed by atoms with Gasteiger partial charge in [0.25, 0.3) is 0 Å². The van der Waals surface area contributed by atoms with Crippen LogP contribution in [0.5, 0.6) is 0 Å². The molecule has 24 N–H and O–H groups in total. The van der Waals surface area contributed by atoms with Crippen LogP contribution in [0.3, 0.4) is 0 Å². The highest BCUT2D eigenvalue weighted by Crippen LogP contribution is 2.44. The minimum absolute atomic E-state index is 0.205. The Morgan fingerprint density at radius 1 is 0.146 bits per heavy atom. The molecule has 30 aliphatic heterocycles. The summed E-state index contributed by atoms with van der Waals surface area (Å²) >= 11 is 9.14. The number of aliphatic carboxylic acids is 8. The van der Waals surface area contributed by atoms with E-state index in [-0.39, 0.29) is 195 Å². The first-order valence-electron chi connectivity index (χ1n) is 48.5. The van der Waals surface area contributed by atoms with Crippen molar-refractivity contribution in [3.8, 4) is 0 Å². The van der Waals surface area contributed by atoms with Crippen molar-refractivity contribution >= 4 is 142 Å². The Kier molecular flexibility index (Phi) is 55.9. The van der Waals surface area contributed by atoms with Crippen LogP contribution in [0.4, 0.5) is 0 Å². The van der Waals surface area contributed by atoms with E-state index < -0.39 is 293 Å². The average Bonchev–Trinajstić information content (AvgIpc) is 0.769. The second-order valence-electron chi connectivity index (χ2n) is 36.4. The van der Waals surface area contributed by atoms with E-state index in [2.05, 4.69) is 0 Å². The van der Waals surface area contributed by atoms with Crippen molar-refractivity contribution in [2.24, 2.45) is 0 Å². The number of thioether (sulfide) groups is 8. The van der Waals surface area contributed by atoms with Crippen molar-refractivity contribution in [3.05, 3.63) is 0 Å². The smallest absolute Gasteiger partial charge is 0.303 e. The SMILES string of the molecule is O=C(O)CCCCSC[C@@H]1O[C@H]2O[C@@H]3[C@@H](O)[C@H](O)[C@H](O[C@@H]4[C@@H](O)[C@H](O)[C@H](O[C@@H]5[C@@H](O)[C@H](O)[C@H](O[C@@H]6[C@@H](O)[C@@H](O)[C@H](O[C@@H]7[C@@H](O)[C@H](O)[C@H](O[C@@H]8[C@@H](O)[C@H](O)[C@H](O[C@@H]9[C@@H](O)[C@H](O)[C@H](O[C@@H]1[C@@H](O)[C@@H]2O)O[C@H]9CSCCCCC(=O)O)O[C@H]8CSCCCCC(=O)O)O[C@H]7CSCCCCC(=O)O)O[C@H]6CSCCCCC(=O)O)O[C@H]5CSCCCCC(=O)O)O[C@H]4CSCCCCC(=O)O)O[C@H]3CSCCCCC(=O)O. The van der Waals surface area contributed by atoms with Crippen LogP contribution in [0.15, 0.2) is 0 Å². The molecule has 30 fully saturated rings. The average molecular weight is 2230 g/mol. The summed E-state index contributed by atoms with van der Waals surface area (Å²) in [5.74, 6) is -8.41. The lowest BCUT2D eigenvalue weighted by atomic mass is 9.95. The maximum atomic E-state index is 12.6. The molecule has 0 aromatic carbocycles. The molecule has 48 nitrogen and oxygen atoms in total. The van der Waals surface area contributed by atoms with Crippen LogP contribution in [0.1, 0.15) is 154 Å². The van der Waals surface area contributed by atoms with Crippen LogP contribution in [-0.4, -0.2) is 508 Å². The van der Waals surface area contributed by atoms with Gasteiger partial charge in [0.2, 0.25) is 0 Å². The molecule has 30 heterocycles. The third-order valence-electron chi connectivity index (χ3n) is 25.1. The van der Waals surface area contributed by atoms with Gasteiger partial charge in [-0.25, -0.2) is 0 Å². The molecule has 0 saturated carbocycles. The molecule has 0 spiro atoms. The maximum absolute atomic E-state index is 12.6. The molecule has 144 heavy (non-hydrogen) atoms. The van der Waals surface area contributed by atoms with E-state index in [1.54, 1.807) is 0 Å². The van der Waals surface area contributed by atoms with Gasteiger partial charge in [-0.2, -0.15) is 94.1 Å². The second-order valence-corrected chi connectivity index (χ2v) is 45.6. The summed E-state index contributed by atoms with van der Waals surface area (Å²) in [6, 6.07) is 0. The molecule has 40 atom stereocenters. The van der Waals surface area contributed by atoms with Crippen LogP contribution in [0.2, 0.25) is 0 Å². The first-order chi connectivity index (χ1) is 68.7. The van der Waals surface area contributed by atoms with Crippen LogP contribution < -0.4 is 0 Å². The molecule has 30 aliphatic rings. The van der Waals surface area contributed by atoms with Crippen molar-refractivity contribution in [1.29, 1.82) is 0 Å². The summed E-state index contributed by atoms with van der Waals surface area (Å²) in [5, 5.41) is 276. The molecule has 0 aromatic rings. The minimum atomic E-state index is -2.24. The van der Waals surface area contributed by atoms with Crippen molar-refractivity contribution in [2.45, 2.75) is 400 Å². The molecule has 0 aliphatic carbocycles. The van der Waals surface area contributed by atoms with Gasteiger partial charge in [-0.15, -0.1) is 0 Å². The van der Waals surface area contributed by atoms with Gasteiger partial charge in [0.15, 0.2) is 50.3 Å². The molecule has 0 aromatic heterocycles. The molecular formula is C88H144O48S8. The standard InChI is InChI=1S/C88H144O48S8/c89-49(90)17-1-9-25-137-33-41-73-57(105)65(113)81(121-41)130-74-42(34-138-26-10-2-18-50(91)92)123-83(67(115)59(74)107)132-76-44(36-140-28-12-4-20-52(95)96)125-85(69(117)61(76)109)134-78-46(38-142-30-14-6-22-54(99)100)127-87(71(119)63(78)111)136-80-48(40-144-32-16-8-24-56(103)104)128-88(72(120)64(80)112)135-79-47(39-143-31-15-7-23-55(101)102)126-86(70(118)62(79)110)133-77-45(37-141-29-13-5-21-53(97)98)124-84(68(116)60(77)108)131-75-43(35-139-27-11-3-19-51(93)94)122-82(129-73)66(114)58(75)106/h41-48,57-88,105-120H,1-40H2,(H,89,90)(H,91,92)(H,93,94)(H,95,96)(H,97,98)(H,99,100)(H,101,102)(H,103,104)/t41-,42-,43-,44-,45-,46-,47-,48-,57-,58-,59-,60-,61-,62-,63-,64-,65-,66-,67-,68-,69-,70-,71-,72+,73-,74-,75-,76-,77-,78-,79-,80-,81-,82-,83-,84-,85-,86-,87-,88-/m0/s1. The summed E-state index contributed by atoms with van der Waals surface area (Å²) < 4.78 is 104. The van der Waals surface area contributed by atoms with Crippen molar-refractivity contribution < 1.29 is 237 Å². The van der Waals surface area contributed by atoms with Gasteiger partial charge in [-0.05, 0) is 149 Å². The molecule has 0 radical (unpaired) electrons. The van der Waals surface area contributed by atoms with Gasteiger partial charge >= 0.3 is 47.8 Å². The molecule has 16 bridgehead atoms. The molecule has 56 heteroatoms. The number of aliphatic hydroxyl groups is 16. The maximum Gasteiger partial charge on any atom is 0.303 e. The fraction of sp³-hybridized carbons (Fsp3) is 0.909. The molecular weight excluding hydrogens is 2080 g/mol. The Morgan fingerprint density at radius 3 is 0.333 bits per heavy atom. The van der Waals surface area contributed by atoms with E-state index in [9.17, 15) is 161 Å². The van der Waals surface area contributed by atoms with Crippen molar-refractivity contribution in [1.82, 2.24) is 0 Å². The highest BCUT2D eigenvalue weighted by molar-refractivity contribution is 8.00. The zero-order chi connectivity index (χ0) is 105. The van der Waals surface area contributed by atoms with Gasteiger partial charge in [0.1, 0.15) is 146 Å². The minimum Gasteiger partial charge on any atom is -0.481 e. The number of carboxylic acids is 8. The Morgan fingerprint density at radius 2 is 0.243 bits per heavy atom. The van der Waals surface area contributed by atoms with E-state index in [1.165, 1.54) is 0 Å². The highest BCUT2D eigenvalue weighted by Gasteiger charge is 2.61. The van der Waals surface area contributed by atoms with E-state index in [4.69, 9.17) is 75.8 Å². The van der Waals surface area contributed by atoms with Crippen LogP contribution >= 0.6 is 94.1 Å². The quantitative estimate of drug-likeness (QED) is 0.0310. The lowest BCUT2D eigenvalue weighted by Crippen LogP contribution is -2.69. The molecule has 0 amide bonds. The van der Waals surface area contributed by atoms with Gasteiger partial charge in [0, 0.05) is 97.4 Å². The first-order valence-corrected chi connectivity index (χ1v) is 57.7. The molecule has 832 valence electrons. The van der Waals surface area contributed by atoms with Gasteiger partial charge in [-0.3, -0.25) is 38.4 Å². The monoisotopic (exact) mass is 2220 g/mol. The van der Waals surface area contributed by atoms with Crippen LogP contribution in [0, 0.1) is 0 Å². The third-order valence-corrected chi connectivity index (χ3v) is 34.3. The number of rotatable bonds is 56. The number of hydrogen-bond donors (Lipinski definition) is 24. The highest BCUT2D eigenvalue weighted by atomic mass is 32.2. The number of carbonyl (C=O) groups is 8. The number of aliphatic hydroxyl groups excluding tert-OH is 16. The Balaban J connectivity index is 1.13. The molecule has 30 rings (SSSR count). The van der Waals surface area contributed by atoms with Crippen LogP contribution in [-0.2, 0) is 114 Å². The van der Waals surface area contributed by atoms with Crippen LogP contribution in [0.25, 0.3) is 0 Å². The summed E-state index contributed by atoms with van der Waals surface area (Å²) in [7, 11) is 0. The number of unbranched alkanes of at least 4 members (excludes halogenated alkanes) is 8. The summed E-state index contributed by atoms with van der Waals surface area (Å²) in [6.07, 6.45) is -75.6. The lowest BCUT2D eigenvalue weighted by molar-refractivity contribution is -0.396. The zero-order valence-electron chi connectivity index (χ0n) is 79.2. The third kappa shape index (κ3) is 39.0. The largest absolute Gasteiger partial charge is 0.481 e. The Bertz CT molecular complexity index is 3090. The summed E-state index contributed by atoms with van der Waals surface area (Å²) in [5.41, 5.74) is 0. The first kappa shape index (κ1) is 125. The number of hydrogen-bond acceptors (Lipinski definition) is 48. The predicted molar refractivity (Wildman–Crippen MR) is 515 cm³/mol. The van der Waals surface area contributed by atoms with E-state index in [0.29, 0.717) is 51.4 Å². The Hall–Kier alpha value is -2.72. The lowest BCUT2D eigenvalue weighted by Gasteiger charge is -2.51. The van der Waals surface area contributed by atoms with Crippen molar-refractivity contribution in [2.75, 3.05) is 92.0 Å². The van der Waals surface area contributed by atoms with E-state index in [0.717, 1.165) is 94.1 Å². The van der Waals surface area contributed by atoms with E-state index in [1.807, 2.05) is 0 Å².